The minimum Gasteiger partial charge on any atom is -0.458 e. The average Bonchev–Trinajstić information content (AvgIpc) is 3.20. The molecule has 4 heterocycles. The number of hydrogen-bond donors (Lipinski definition) is 0. The maximum Gasteiger partial charge on any atom is 0.256 e. The molecule has 0 spiro atoms. The Morgan fingerprint density at radius 3 is 1.96 bits per heavy atom. The zero-order chi connectivity index (χ0) is 33.5. The van der Waals surface area contributed by atoms with E-state index in [4.69, 9.17) is 4.74 Å². The van der Waals surface area contributed by atoms with Crippen molar-refractivity contribution in [2.24, 2.45) is 0 Å². The van der Waals surface area contributed by atoms with Gasteiger partial charge in [-0.2, -0.15) is 0 Å². The molecule has 0 saturated heterocycles. The van der Waals surface area contributed by atoms with Crippen LogP contribution in [-0.4, -0.2) is 18.4 Å². The molecular weight excluding hydrogens is 620 g/mol. The van der Waals surface area contributed by atoms with Gasteiger partial charge in [0.05, 0.1) is 17.6 Å². The smallest absolute Gasteiger partial charge is 0.256 e. The lowest BCUT2D eigenvalue weighted by Gasteiger charge is -2.45. The molecule has 3 aliphatic rings. The molecule has 6 heteroatoms. The summed E-state index contributed by atoms with van der Waals surface area (Å²) >= 11 is 0. The predicted octanol–water partition coefficient (Wildman–Crippen LogP) is 6.94. The summed E-state index contributed by atoms with van der Waals surface area (Å²) < 4.78 is 7.02. The fourth-order valence-electron chi connectivity index (χ4n) is 8.83. The second-order valence-corrected chi connectivity index (χ2v) is 13.5. The molecular formula is C45H29B2N3O. The molecule has 0 radical (unpaired) electrons. The van der Waals surface area contributed by atoms with Crippen molar-refractivity contribution >= 4 is 91.1 Å². The first kappa shape index (κ1) is 28.3. The molecule has 0 fully saturated rings. The van der Waals surface area contributed by atoms with Gasteiger partial charge in [-0.3, -0.25) is 4.98 Å². The first-order valence-electron chi connectivity index (χ1n) is 17.5. The van der Waals surface area contributed by atoms with Gasteiger partial charge in [0.25, 0.3) is 6.71 Å². The van der Waals surface area contributed by atoms with Gasteiger partial charge in [-0.05, 0) is 69.1 Å². The molecule has 11 rings (SSSR count). The van der Waals surface area contributed by atoms with Crippen LogP contribution in [0, 0.1) is 0 Å². The Morgan fingerprint density at radius 1 is 0.471 bits per heavy atom. The lowest BCUT2D eigenvalue weighted by Crippen LogP contribution is -2.65. The standard InChI is InChI=1S/C45H29B2N3O/c1-2-16-31(17-3-1)46-34-20-6-10-24-39(34)50(37-25-12-15-30-14-4-5-19-33(30)37)40-28-42-44-45(43(40)46)49(32-18-13-27-48-29-32)38-23-9-7-21-35(38)47(44)36-22-8-11-26-41(36)51-42/h1-29H. The molecule has 1 aromatic heterocycles. The summed E-state index contributed by atoms with van der Waals surface area (Å²) in [4.78, 5) is 9.58. The first-order valence-corrected chi connectivity index (χ1v) is 17.5. The molecule has 51 heavy (non-hydrogen) atoms. The van der Waals surface area contributed by atoms with Gasteiger partial charge < -0.3 is 14.5 Å². The number of anilines is 6. The molecule has 0 atom stereocenters. The Bertz CT molecular complexity index is 2660. The van der Waals surface area contributed by atoms with Crippen molar-refractivity contribution in [3.8, 4) is 11.5 Å². The summed E-state index contributed by atoms with van der Waals surface area (Å²) in [5.74, 6) is 1.78. The van der Waals surface area contributed by atoms with Crippen LogP contribution in [0.15, 0.2) is 176 Å². The van der Waals surface area contributed by atoms with Gasteiger partial charge >= 0.3 is 0 Å². The molecule has 0 N–H and O–H groups in total. The quantitative estimate of drug-likeness (QED) is 0.194. The van der Waals surface area contributed by atoms with Gasteiger partial charge in [0.15, 0.2) is 0 Å². The Morgan fingerprint density at radius 2 is 1.14 bits per heavy atom. The van der Waals surface area contributed by atoms with E-state index in [1.165, 1.54) is 49.2 Å². The van der Waals surface area contributed by atoms with Crippen molar-refractivity contribution in [2.45, 2.75) is 0 Å². The van der Waals surface area contributed by atoms with E-state index in [2.05, 4.69) is 173 Å². The van der Waals surface area contributed by atoms with Gasteiger partial charge in [0.1, 0.15) is 11.5 Å². The molecule has 0 amide bonds. The van der Waals surface area contributed by atoms with Crippen LogP contribution in [0.3, 0.4) is 0 Å². The number of benzene rings is 7. The fraction of sp³-hybridized carbons (Fsp3) is 0. The maximum atomic E-state index is 7.02. The number of hydrogen-bond acceptors (Lipinski definition) is 4. The third kappa shape index (κ3) is 4.08. The molecule has 3 aliphatic heterocycles. The number of pyridine rings is 1. The number of ether oxygens (including phenoxy) is 1. The Labute approximate surface area is 297 Å². The maximum absolute atomic E-state index is 7.02. The summed E-state index contributed by atoms with van der Waals surface area (Å²) in [7, 11) is 0. The van der Waals surface area contributed by atoms with Crippen molar-refractivity contribution in [2.75, 3.05) is 9.80 Å². The molecule has 0 unspecified atom stereocenters. The Balaban J connectivity index is 1.33. The second kappa shape index (κ2) is 11.0. The molecule has 0 aliphatic carbocycles. The number of fused-ring (bicyclic) bond motifs is 8. The fourth-order valence-corrected chi connectivity index (χ4v) is 8.83. The number of nitrogens with zero attached hydrogens (tertiary/aromatic N) is 3. The Hall–Kier alpha value is -6.52. The largest absolute Gasteiger partial charge is 0.458 e. The van der Waals surface area contributed by atoms with Crippen molar-refractivity contribution in [1.29, 1.82) is 0 Å². The van der Waals surface area contributed by atoms with Crippen LogP contribution in [0.5, 0.6) is 11.5 Å². The van der Waals surface area contributed by atoms with Crippen molar-refractivity contribution in [1.82, 2.24) is 4.98 Å². The number of para-hydroxylation sites is 3. The molecule has 8 aromatic rings. The third-order valence-corrected chi connectivity index (χ3v) is 10.8. The highest BCUT2D eigenvalue weighted by atomic mass is 16.5. The van der Waals surface area contributed by atoms with E-state index in [0.717, 1.165) is 39.9 Å². The molecule has 0 saturated carbocycles. The van der Waals surface area contributed by atoms with Crippen molar-refractivity contribution in [3.63, 3.8) is 0 Å². The van der Waals surface area contributed by atoms with Crippen LogP contribution in [0.25, 0.3) is 10.8 Å². The van der Waals surface area contributed by atoms with E-state index in [9.17, 15) is 0 Å². The van der Waals surface area contributed by atoms with Crippen LogP contribution in [-0.2, 0) is 0 Å². The highest BCUT2D eigenvalue weighted by Crippen LogP contribution is 2.47. The van der Waals surface area contributed by atoms with Gasteiger partial charge in [-0.25, -0.2) is 0 Å². The van der Waals surface area contributed by atoms with Crippen LogP contribution in [0.2, 0.25) is 0 Å². The minimum atomic E-state index is -0.0498. The second-order valence-electron chi connectivity index (χ2n) is 13.5. The summed E-state index contributed by atoms with van der Waals surface area (Å²) in [5, 5.41) is 2.40. The summed E-state index contributed by atoms with van der Waals surface area (Å²) in [6.07, 6.45) is 3.83. The lowest BCUT2D eigenvalue weighted by atomic mass is 9.30. The van der Waals surface area contributed by atoms with E-state index >= 15 is 0 Å². The zero-order valence-electron chi connectivity index (χ0n) is 27.6. The molecule has 7 aromatic carbocycles. The topological polar surface area (TPSA) is 28.6 Å². The lowest BCUT2D eigenvalue weighted by molar-refractivity contribution is 0.488. The number of aromatic nitrogens is 1. The van der Waals surface area contributed by atoms with E-state index in [1.54, 1.807) is 0 Å². The van der Waals surface area contributed by atoms with Gasteiger partial charge in [0, 0.05) is 40.4 Å². The van der Waals surface area contributed by atoms with E-state index in [-0.39, 0.29) is 13.4 Å². The summed E-state index contributed by atoms with van der Waals surface area (Å²) in [6, 6.07) is 59.2. The molecule has 0 bridgehead atoms. The third-order valence-electron chi connectivity index (χ3n) is 10.8. The average molecular weight is 649 g/mol. The van der Waals surface area contributed by atoms with Crippen LogP contribution >= 0.6 is 0 Å². The molecule has 4 nitrogen and oxygen atoms in total. The number of rotatable bonds is 3. The van der Waals surface area contributed by atoms with Crippen LogP contribution in [0.4, 0.5) is 34.1 Å². The monoisotopic (exact) mass is 649 g/mol. The van der Waals surface area contributed by atoms with E-state index in [0.29, 0.717) is 0 Å². The summed E-state index contributed by atoms with van der Waals surface area (Å²) in [6.45, 7) is -0.0554. The highest BCUT2D eigenvalue weighted by Gasteiger charge is 2.47. The zero-order valence-corrected chi connectivity index (χ0v) is 27.6. The minimum absolute atomic E-state index is 0.00558. The van der Waals surface area contributed by atoms with Crippen molar-refractivity contribution < 1.29 is 4.74 Å². The van der Waals surface area contributed by atoms with E-state index in [1.807, 2.05) is 18.5 Å². The van der Waals surface area contributed by atoms with Gasteiger partial charge in [0.2, 0.25) is 6.71 Å². The Kier molecular flexibility index (Phi) is 6.11. The molecule has 236 valence electrons. The van der Waals surface area contributed by atoms with E-state index < -0.39 is 0 Å². The normalized spacial score (nSPS) is 13.5. The highest BCUT2D eigenvalue weighted by molar-refractivity contribution is 7.03. The van der Waals surface area contributed by atoms with Crippen molar-refractivity contribution in [3.05, 3.63) is 176 Å². The van der Waals surface area contributed by atoms with Gasteiger partial charge in [-0.15, -0.1) is 0 Å². The van der Waals surface area contributed by atoms with Crippen LogP contribution in [0.1, 0.15) is 0 Å². The summed E-state index contributed by atoms with van der Waals surface area (Å²) in [5.41, 5.74) is 14.1. The van der Waals surface area contributed by atoms with Crippen LogP contribution < -0.4 is 47.3 Å². The first-order chi connectivity index (χ1) is 25.3. The SMILES string of the molecule is c1ccc(B2c3ccccc3N(c3cccc4ccccc34)c3cc4c5c(c32)N(c2cccnc2)c2ccccc2B5c2ccccc2O4)cc1. The predicted molar refractivity (Wildman–Crippen MR) is 213 cm³/mol. The van der Waals surface area contributed by atoms with Gasteiger partial charge in [-0.1, -0.05) is 127 Å².